The third-order valence-electron chi connectivity index (χ3n) is 2.56. The molecule has 16 heavy (non-hydrogen) atoms. The van der Waals surface area contributed by atoms with Crippen molar-refractivity contribution in [3.63, 3.8) is 0 Å². The van der Waals surface area contributed by atoms with Crippen molar-refractivity contribution in [2.24, 2.45) is 5.41 Å². The fourth-order valence-electron chi connectivity index (χ4n) is 1.70. The zero-order chi connectivity index (χ0) is 12.0. The fraction of sp³-hybridized carbons (Fsp3) is 0.357. The summed E-state index contributed by atoms with van der Waals surface area (Å²) in [6.07, 6.45) is 5.56. The highest BCUT2D eigenvalue weighted by Crippen LogP contribution is 2.23. The number of rotatable bonds is 5. The van der Waals surface area contributed by atoms with Gasteiger partial charge in [-0.3, -0.25) is 0 Å². The molecule has 0 fully saturated rings. The summed E-state index contributed by atoms with van der Waals surface area (Å²) in [6.45, 7) is 3.86. The van der Waals surface area contributed by atoms with Crippen LogP contribution in [0.5, 0.6) is 5.75 Å². The number of aldehydes is 1. The molecule has 0 aliphatic rings. The highest BCUT2D eigenvalue weighted by atomic mass is 16.5. The Morgan fingerprint density at radius 2 is 1.94 bits per heavy atom. The van der Waals surface area contributed by atoms with Gasteiger partial charge >= 0.3 is 0 Å². The molecule has 2 heteroatoms. The van der Waals surface area contributed by atoms with E-state index in [1.54, 1.807) is 7.11 Å². The van der Waals surface area contributed by atoms with E-state index in [1.165, 1.54) is 0 Å². The topological polar surface area (TPSA) is 26.3 Å². The van der Waals surface area contributed by atoms with Gasteiger partial charge < -0.3 is 9.53 Å². The van der Waals surface area contributed by atoms with Crippen molar-refractivity contribution in [2.45, 2.75) is 20.3 Å². The standard InChI is InChI=1S/C14H18O2/c1-4-9-14(2,11-15)10-12-5-7-13(16-3)8-6-12/h4-9,11H,10H2,1-3H3/b9-4+. The van der Waals surface area contributed by atoms with E-state index in [0.29, 0.717) is 6.42 Å². The monoisotopic (exact) mass is 218 g/mol. The van der Waals surface area contributed by atoms with E-state index in [4.69, 9.17) is 4.74 Å². The third kappa shape index (κ3) is 3.23. The van der Waals surface area contributed by atoms with Crippen molar-refractivity contribution >= 4 is 6.29 Å². The largest absolute Gasteiger partial charge is 0.497 e. The lowest BCUT2D eigenvalue weighted by molar-refractivity contribution is -0.113. The van der Waals surface area contributed by atoms with Gasteiger partial charge in [-0.05, 0) is 38.0 Å². The van der Waals surface area contributed by atoms with Gasteiger partial charge in [0.15, 0.2) is 0 Å². The second-order valence-electron chi connectivity index (χ2n) is 4.15. The molecule has 0 heterocycles. The lowest BCUT2D eigenvalue weighted by atomic mass is 9.85. The Morgan fingerprint density at radius 1 is 1.31 bits per heavy atom. The Kier molecular flexibility index (Phi) is 4.29. The maximum Gasteiger partial charge on any atom is 0.129 e. The first-order chi connectivity index (χ1) is 7.63. The number of carbonyl (C=O) groups excluding carboxylic acids is 1. The maximum absolute atomic E-state index is 11.1. The molecule has 0 amide bonds. The van der Waals surface area contributed by atoms with Gasteiger partial charge in [0.05, 0.1) is 7.11 Å². The summed E-state index contributed by atoms with van der Waals surface area (Å²) in [5.74, 6) is 0.836. The summed E-state index contributed by atoms with van der Waals surface area (Å²) in [4.78, 5) is 11.1. The van der Waals surface area contributed by atoms with E-state index in [0.717, 1.165) is 17.6 Å². The summed E-state index contributed by atoms with van der Waals surface area (Å²) in [6, 6.07) is 7.81. The Morgan fingerprint density at radius 3 is 2.38 bits per heavy atom. The molecule has 86 valence electrons. The minimum absolute atomic E-state index is 0.413. The van der Waals surface area contributed by atoms with Crippen LogP contribution in [0.3, 0.4) is 0 Å². The van der Waals surface area contributed by atoms with Crippen molar-refractivity contribution in [3.05, 3.63) is 42.0 Å². The van der Waals surface area contributed by atoms with Gasteiger partial charge in [-0.15, -0.1) is 0 Å². The lowest BCUT2D eigenvalue weighted by Gasteiger charge is -2.18. The molecular formula is C14H18O2. The smallest absolute Gasteiger partial charge is 0.129 e. The number of methoxy groups -OCH3 is 1. The molecule has 0 aromatic heterocycles. The average Bonchev–Trinajstić information content (AvgIpc) is 2.30. The van der Waals surface area contributed by atoms with Crippen molar-refractivity contribution < 1.29 is 9.53 Å². The zero-order valence-electron chi connectivity index (χ0n) is 10.1. The van der Waals surface area contributed by atoms with E-state index in [-0.39, 0.29) is 0 Å². The Balaban J connectivity index is 2.82. The van der Waals surface area contributed by atoms with Gasteiger partial charge in [0, 0.05) is 5.41 Å². The Labute approximate surface area is 96.9 Å². The van der Waals surface area contributed by atoms with Crippen LogP contribution in [0, 0.1) is 5.41 Å². The van der Waals surface area contributed by atoms with Crippen molar-refractivity contribution in [2.75, 3.05) is 7.11 Å². The van der Waals surface area contributed by atoms with Crippen LogP contribution < -0.4 is 4.74 Å². The molecule has 1 aromatic carbocycles. The van der Waals surface area contributed by atoms with E-state index in [9.17, 15) is 4.79 Å². The van der Waals surface area contributed by atoms with Crippen LogP contribution in [0.4, 0.5) is 0 Å². The van der Waals surface area contributed by atoms with Crippen LogP contribution in [0.1, 0.15) is 19.4 Å². The number of benzene rings is 1. The Bertz CT molecular complexity index is 365. The Hall–Kier alpha value is -1.57. The molecule has 0 aliphatic heterocycles. The van der Waals surface area contributed by atoms with Gasteiger partial charge in [0.2, 0.25) is 0 Å². The summed E-state index contributed by atoms with van der Waals surface area (Å²) in [5.41, 5.74) is 0.720. The van der Waals surface area contributed by atoms with Crippen LogP contribution in [-0.2, 0) is 11.2 Å². The predicted octanol–water partition coefficient (Wildman–Crippen LogP) is 3.02. The molecule has 0 N–H and O–H groups in total. The van der Waals surface area contributed by atoms with Crippen molar-refractivity contribution in [3.8, 4) is 5.75 Å². The molecular weight excluding hydrogens is 200 g/mol. The highest BCUT2D eigenvalue weighted by Gasteiger charge is 2.19. The third-order valence-corrected chi connectivity index (χ3v) is 2.56. The van der Waals surface area contributed by atoms with Crippen LogP contribution in [-0.4, -0.2) is 13.4 Å². The van der Waals surface area contributed by atoms with Gasteiger partial charge in [-0.1, -0.05) is 24.3 Å². The number of ether oxygens (including phenoxy) is 1. The number of hydrogen-bond acceptors (Lipinski definition) is 2. The predicted molar refractivity (Wildman–Crippen MR) is 65.7 cm³/mol. The van der Waals surface area contributed by atoms with Gasteiger partial charge in [0.1, 0.15) is 12.0 Å². The fourth-order valence-corrected chi connectivity index (χ4v) is 1.70. The van der Waals surface area contributed by atoms with Gasteiger partial charge in [-0.25, -0.2) is 0 Å². The number of carbonyl (C=O) groups is 1. The normalized spacial score (nSPS) is 14.7. The molecule has 0 saturated heterocycles. The second kappa shape index (κ2) is 5.50. The minimum Gasteiger partial charge on any atom is -0.497 e. The van der Waals surface area contributed by atoms with E-state index >= 15 is 0 Å². The summed E-state index contributed by atoms with van der Waals surface area (Å²) in [7, 11) is 1.64. The van der Waals surface area contributed by atoms with Gasteiger partial charge in [0.25, 0.3) is 0 Å². The van der Waals surface area contributed by atoms with Crippen molar-refractivity contribution in [1.82, 2.24) is 0 Å². The molecule has 1 unspecified atom stereocenters. The molecule has 0 aliphatic carbocycles. The highest BCUT2D eigenvalue weighted by molar-refractivity contribution is 5.62. The molecule has 0 bridgehead atoms. The summed E-state index contributed by atoms with van der Waals surface area (Å²) >= 11 is 0. The van der Waals surface area contributed by atoms with Crippen molar-refractivity contribution in [1.29, 1.82) is 0 Å². The van der Waals surface area contributed by atoms with Crippen LogP contribution in [0.2, 0.25) is 0 Å². The van der Waals surface area contributed by atoms with Crippen LogP contribution >= 0.6 is 0 Å². The molecule has 0 saturated carbocycles. The van der Waals surface area contributed by atoms with Crippen LogP contribution in [0.15, 0.2) is 36.4 Å². The lowest BCUT2D eigenvalue weighted by Crippen LogP contribution is -2.18. The molecule has 1 aromatic rings. The second-order valence-corrected chi connectivity index (χ2v) is 4.15. The minimum atomic E-state index is -0.413. The average molecular weight is 218 g/mol. The summed E-state index contributed by atoms with van der Waals surface area (Å²) in [5, 5.41) is 0. The van der Waals surface area contributed by atoms with Crippen LogP contribution in [0.25, 0.3) is 0 Å². The maximum atomic E-state index is 11.1. The van der Waals surface area contributed by atoms with E-state index in [2.05, 4.69) is 0 Å². The number of hydrogen-bond donors (Lipinski definition) is 0. The molecule has 2 nitrogen and oxygen atoms in total. The van der Waals surface area contributed by atoms with E-state index < -0.39 is 5.41 Å². The molecule has 0 radical (unpaired) electrons. The quantitative estimate of drug-likeness (QED) is 0.561. The first kappa shape index (κ1) is 12.5. The summed E-state index contributed by atoms with van der Waals surface area (Å²) < 4.78 is 5.09. The first-order valence-electron chi connectivity index (χ1n) is 5.36. The molecule has 1 rings (SSSR count). The zero-order valence-corrected chi connectivity index (χ0v) is 10.1. The molecule has 1 atom stereocenters. The molecule has 0 spiro atoms. The SMILES string of the molecule is C/C=C/C(C)(C=O)Cc1ccc(OC)cc1. The van der Waals surface area contributed by atoms with Gasteiger partial charge in [-0.2, -0.15) is 0 Å². The number of allylic oxidation sites excluding steroid dienone is 2. The van der Waals surface area contributed by atoms with E-state index in [1.807, 2.05) is 50.3 Å². The first-order valence-corrected chi connectivity index (χ1v) is 5.36.